The zero-order valence-corrected chi connectivity index (χ0v) is 13.4. The number of aliphatic hydroxyl groups excluding tert-OH is 1. The van der Waals surface area contributed by atoms with E-state index in [0.29, 0.717) is 28.3 Å². The van der Waals surface area contributed by atoms with E-state index in [1.807, 2.05) is 0 Å². The van der Waals surface area contributed by atoms with E-state index in [0.717, 1.165) is 5.39 Å². The first-order valence-corrected chi connectivity index (χ1v) is 7.57. The lowest BCUT2D eigenvalue weighted by atomic mass is 9.92. The number of hydrogen-bond acceptors (Lipinski definition) is 5. The smallest absolute Gasteiger partial charge is 0.153 e. The van der Waals surface area contributed by atoms with Crippen LogP contribution in [0.4, 0.5) is 0 Å². The number of aromatic nitrogens is 1. The second kappa shape index (κ2) is 5.51. The Morgan fingerprint density at radius 2 is 1.92 bits per heavy atom. The maximum atomic E-state index is 11.3. The summed E-state index contributed by atoms with van der Waals surface area (Å²) in [7, 11) is 0. The molecule has 0 fully saturated rings. The van der Waals surface area contributed by atoms with Crippen LogP contribution in [0.2, 0.25) is 0 Å². The molecule has 0 amide bonds. The predicted octanol–water partition coefficient (Wildman–Crippen LogP) is 2.22. The van der Waals surface area contributed by atoms with Crippen LogP contribution in [0.1, 0.15) is 29.8 Å². The number of nitrogens with one attached hydrogen (secondary N) is 1. The van der Waals surface area contributed by atoms with Crippen LogP contribution in [0.25, 0.3) is 21.8 Å². The monoisotopic (exact) mass is 329 g/mol. The van der Waals surface area contributed by atoms with Crippen molar-refractivity contribution in [2.45, 2.75) is 32.0 Å². The molecule has 1 aromatic heterocycles. The number of aliphatic hydroxyl groups is 2. The van der Waals surface area contributed by atoms with Gasteiger partial charge < -0.3 is 25.4 Å². The minimum absolute atomic E-state index is 0.0354. The van der Waals surface area contributed by atoms with Crippen molar-refractivity contribution < 1.29 is 25.2 Å². The number of phenols is 2. The van der Waals surface area contributed by atoms with Gasteiger partial charge in [-0.25, -0.2) is 0 Å². The van der Waals surface area contributed by atoms with E-state index in [2.05, 4.69) is 4.98 Å². The average Bonchev–Trinajstić information content (AvgIpc) is 2.85. The van der Waals surface area contributed by atoms with Crippen LogP contribution in [0.3, 0.4) is 0 Å². The molecule has 1 heterocycles. The number of aromatic amines is 1. The summed E-state index contributed by atoms with van der Waals surface area (Å²) in [6.45, 7) is 2.94. The number of phenolic OH excluding ortho intramolecular Hbond substituents is 2. The molecular weight excluding hydrogens is 310 g/mol. The fourth-order valence-electron chi connectivity index (χ4n) is 2.84. The predicted molar refractivity (Wildman–Crippen MR) is 90.5 cm³/mol. The molecule has 5 N–H and O–H groups in total. The van der Waals surface area contributed by atoms with Gasteiger partial charge in [0, 0.05) is 28.8 Å². The van der Waals surface area contributed by atoms with Crippen molar-refractivity contribution >= 4 is 28.1 Å². The zero-order valence-electron chi connectivity index (χ0n) is 13.4. The van der Waals surface area contributed by atoms with Gasteiger partial charge in [0.25, 0.3) is 0 Å². The van der Waals surface area contributed by atoms with Crippen LogP contribution in [0.5, 0.6) is 11.5 Å². The number of aromatic hydroxyl groups is 2. The third kappa shape index (κ3) is 2.60. The van der Waals surface area contributed by atoms with Crippen molar-refractivity contribution in [1.29, 1.82) is 0 Å². The van der Waals surface area contributed by atoms with Gasteiger partial charge in [0.2, 0.25) is 0 Å². The molecule has 0 saturated carbocycles. The molecule has 0 aliphatic heterocycles. The first-order chi connectivity index (χ1) is 11.2. The minimum atomic E-state index is -1.36. The molecule has 6 heteroatoms. The summed E-state index contributed by atoms with van der Waals surface area (Å²) in [4.78, 5) is 14.4. The standard InChI is InChI=1S/C18H19NO5/c1-18(2,24)15(22)7-13-16-12(5-9(8-20)17(13)23)11-4-3-10(21)6-14(11)19-16/h3-6,8,15,19,21-24H,7H2,1-2H3/t15-/m1/s1. The Morgan fingerprint density at radius 1 is 1.21 bits per heavy atom. The third-order valence-corrected chi connectivity index (χ3v) is 4.32. The van der Waals surface area contributed by atoms with Gasteiger partial charge in [0.05, 0.1) is 28.3 Å². The van der Waals surface area contributed by atoms with Crippen LogP contribution >= 0.6 is 0 Å². The largest absolute Gasteiger partial charge is 0.508 e. The highest BCUT2D eigenvalue weighted by atomic mass is 16.3. The highest BCUT2D eigenvalue weighted by Gasteiger charge is 2.27. The zero-order chi connectivity index (χ0) is 17.6. The normalized spacial score (nSPS) is 13.5. The Hall–Kier alpha value is -2.57. The number of aldehydes is 1. The number of carbonyl (C=O) groups excluding carboxylic acids is 1. The SMILES string of the molecule is CC(C)(O)[C@H](O)Cc1c(O)c(C=O)cc2c1[nH]c1cc(O)ccc12. The van der Waals surface area contributed by atoms with Gasteiger partial charge >= 0.3 is 0 Å². The molecule has 0 spiro atoms. The van der Waals surface area contributed by atoms with Crippen molar-refractivity contribution in [3.8, 4) is 11.5 Å². The Bertz CT molecular complexity index is 936. The maximum absolute atomic E-state index is 11.3. The number of benzene rings is 2. The molecule has 0 bridgehead atoms. The quantitative estimate of drug-likeness (QED) is 0.471. The second-order valence-corrected chi connectivity index (χ2v) is 6.56. The molecule has 3 rings (SSSR count). The summed E-state index contributed by atoms with van der Waals surface area (Å²) in [5.41, 5.74) is 0.294. The molecule has 6 nitrogen and oxygen atoms in total. The van der Waals surface area contributed by atoms with E-state index in [1.54, 1.807) is 18.2 Å². The molecule has 0 aliphatic carbocycles. The third-order valence-electron chi connectivity index (χ3n) is 4.32. The summed E-state index contributed by atoms with van der Waals surface area (Å²) in [5, 5.41) is 41.7. The molecule has 0 unspecified atom stereocenters. The first kappa shape index (κ1) is 16.3. The Morgan fingerprint density at radius 3 is 2.54 bits per heavy atom. The topological polar surface area (TPSA) is 114 Å². The van der Waals surface area contributed by atoms with Crippen molar-refractivity contribution in [1.82, 2.24) is 4.98 Å². The Labute approximate surface area is 138 Å². The highest BCUT2D eigenvalue weighted by Crippen LogP contribution is 2.37. The van der Waals surface area contributed by atoms with Gasteiger partial charge in [0.1, 0.15) is 11.5 Å². The molecule has 0 radical (unpaired) electrons. The highest BCUT2D eigenvalue weighted by molar-refractivity contribution is 6.11. The summed E-state index contributed by atoms with van der Waals surface area (Å²) in [6.07, 6.45) is -0.617. The van der Waals surface area contributed by atoms with E-state index in [1.165, 1.54) is 19.9 Å². The lowest BCUT2D eigenvalue weighted by Gasteiger charge is -2.25. The van der Waals surface area contributed by atoms with Gasteiger partial charge in [-0.1, -0.05) is 0 Å². The lowest BCUT2D eigenvalue weighted by Crippen LogP contribution is -2.37. The molecule has 1 atom stereocenters. The summed E-state index contributed by atoms with van der Waals surface area (Å²) in [6, 6.07) is 6.36. The number of carbonyl (C=O) groups is 1. The molecule has 126 valence electrons. The average molecular weight is 329 g/mol. The van der Waals surface area contributed by atoms with Crippen molar-refractivity contribution in [3.05, 3.63) is 35.4 Å². The maximum Gasteiger partial charge on any atom is 0.153 e. The van der Waals surface area contributed by atoms with Crippen molar-refractivity contribution in [2.24, 2.45) is 0 Å². The number of H-pyrrole nitrogens is 1. The second-order valence-electron chi connectivity index (χ2n) is 6.56. The van der Waals surface area contributed by atoms with E-state index in [4.69, 9.17) is 0 Å². The number of rotatable bonds is 4. The van der Waals surface area contributed by atoms with E-state index in [9.17, 15) is 25.2 Å². The number of hydrogen-bond donors (Lipinski definition) is 5. The lowest BCUT2D eigenvalue weighted by molar-refractivity contribution is -0.0469. The summed E-state index contributed by atoms with van der Waals surface area (Å²) < 4.78 is 0. The molecule has 0 aliphatic rings. The van der Waals surface area contributed by atoms with Crippen LogP contribution in [0, 0.1) is 0 Å². The van der Waals surface area contributed by atoms with Gasteiger partial charge in [-0.05, 0) is 32.0 Å². The summed E-state index contributed by atoms with van der Waals surface area (Å²) >= 11 is 0. The summed E-state index contributed by atoms with van der Waals surface area (Å²) in [5.74, 6) is -0.136. The van der Waals surface area contributed by atoms with Crippen LogP contribution in [0.15, 0.2) is 24.3 Å². The minimum Gasteiger partial charge on any atom is -0.508 e. The fraction of sp³-hybridized carbons (Fsp3) is 0.278. The Kier molecular flexibility index (Phi) is 3.74. The first-order valence-electron chi connectivity index (χ1n) is 7.57. The fourth-order valence-corrected chi connectivity index (χ4v) is 2.84. The van der Waals surface area contributed by atoms with Gasteiger partial charge in [-0.2, -0.15) is 0 Å². The van der Waals surface area contributed by atoms with Crippen LogP contribution in [-0.2, 0) is 6.42 Å². The molecule has 24 heavy (non-hydrogen) atoms. The van der Waals surface area contributed by atoms with Gasteiger partial charge in [0.15, 0.2) is 6.29 Å². The van der Waals surface area contributed by atoms with Crippen molar-refractivity contribution in [2.75, 3.05) is 0 Å². The van der Waals surface area contributed by atoms with E-state index >= 15 is 0 Å². The van der Waals surface area contributed by atoms with Crippen LogP contribution < -0.4 is 0 Å². The molecule has 3 aromatic rings. The molecule has 2 aromatic carbocycles. The number of fused-ring (bicyclic) bond motifs is 3. The van der Waals surface area contributed by atoms with Crippen LogP contribution in [-0.4, -0.2) is 43.4 Å². The van der Waals surface area contributed by atoms with Gasteiger partial charge in [-0.3, -0.25) is 4.79 Å². The van der Waals surface area contributed by atoms with E-state index in [-0.39, 0.29) is 23.5 Å². The molecular formula is C18H19NO5. The van der Waals surface area contributed by atoms with Crippen molar-refractivity contribution in [3.63, 3.8) is 0 Å². The van der Waals surface area contributed by atoms with Gasteiger partial charge in [-0.15, -0.1) is 0 Å². The van der Waals surface area contributed by atoms with E-state index < -0.39 is 11.7 Å². The Balaban J connectivity index is 2.31. The molecule has 0 saturated heterocycles.